The van der Waals surface area contributed by atoms with Gasteiger partial charge in [-0.05, 0) is 37.9 Å². The standard InChI is InChI=1S/C14H20N2O4/c17-13(18)3-7-16-5-1-11(2-6-16)9-15-14(19)12-4-8-20-10-12/h4,8,10-11H,1-3,5-7,9H2,(H,15,19)(H,17,18). The molecule has 2 heterocycles. The van der Waals surface area contributed by atoms with E-state index in [2.05, 4.69) is 10.2 Å². The molecule has 6 heteroatoms. The first kappa shape index (κ1) is 14.6. The fraction of sp³-hybridized carbons (Fsp3) is 0.571. The average molecular weight is 280 g/mol. The van der Waals surface area contributed by atoms with Gasteiger partial charge in [-0.15, -0.1) is 0 Å². The van der Waals surface area contributed by atoms with E-state index in [1.807, 2.05) is 0 Å². The molecule has 0 aliphatic carbocycles. The normalized spacial score (nSPS) is 17.0. The first-order chi connectivity index (χ1) is 9.65. The van der Waals surface area contributed by atoms with Gasteiger partial charge < -0.3 is 19.7 Å². The van der Waals surface area contributed by atoms with Gasteiger partial charge in [-0.1, -0.05) is 0 Å². The maximum atomic E-state index is 11.7. The van der Waals surface area contributed by atoms with Gasteiger partial charge in [0, 0.05) is 13.1 Å². The summed E-state index contributed by atoms with van der Waals surface area (Å²) < 4.78 is 4.87. The molecule has 110 valence electrons. The second-order valence-corrected chi connectivity index (χ2v) is 5.15. The molecule has 20 heavy (non-hydrogen) atoms. The van der Waals surface area contributed by atoms with Crippen LogP contribution in [-0.4, -0.2) is 48.1 Å². The van der Waals surface area contributed by atoms with E-state index in [0.717, 1.165) is 25.9 Å². The number of likely N-dealkylation sites (tertiary alicyclic amines) is 1. The number of carbonyl (C=O) groups excluding carboxylic acids is 1. The molecule has 0 unspecified atom stereocenters. The molecule has 0 spiro atoms. The van der Waals surface area contributed by atoms with Crippen molar-refractivity contribution in [2.45, 2.75) is 19.3 Å². The van der Waals surface area contributed by atoms with E-state index in [0.29, 0.717) is 24.6 Å². The van der Waals surface area contributed by atoms with Crippen molar-refractivity contribution in [3.05, 3.63) is 24.2 Å². The van der Waals surface area contributed by atoms with Gasteiger partial charge in [0.05, 0.1) is 18.2 Å². The van der Waals surface area contributed by atoms with E-state index < -0.39 is 5.97 Å². The number of hydrogen-bond acceptors (Lipinski definition) is 4. The molecule has 0 atom stereocenters. The highest BCUT2D eigenvalue weighted by atomic mass is 16.4. The molecule has 0 bridgehead atoms. The number of amides is 1. The minimum absolute atomic E-state index is 0.105. The third-order valence-corrected chi connectivity index (χ3v) is 3.68. The Morgan fingerprint density at radius 3 is 2.75 bits per heavy atom. The highest BCUT2D eigenvalue weighted by Crippen LogP contribution is 2.16. The summed E-state index contributed by atoms with van der Waals surface area (Å²) in [5.41, 5.74) is 0.545. The quantitative estimate of drug-likeness (QED) is 0.818. The summed E-state index contributed by atoms with van der Waals surface area (Å²) in [6.07, 6.45) is 5.10. The van der Waals surface area contributed by atoms with Crippen LogP contribution in [0.2, 0.25) is 0 Å². The Balaban J connectivity index is 1.64. The SMILES string of the molecule is O=C(O)CCN1CCC(CNC(=O)c2ccoc2)CC1. The van der Waals surface area contributed by atoms with E-state index in [1.54, 1.807) is 6.07 Å². The highest BCUT2D eigenvalue weighted by molar-refractivity contribution is 5.93. The molecule has 1 aromatic heterocycles. The third-order valence-electron chi connectivity index (χ3n) is 3.68. The van der Waals surface area contributed by atoms with E-state index in [-0.39, 0.29) is 12.3 Å². The maximum absolute atomic E-state index is 11.7. The molecular weight excluding hydrogens is 260 g/mol. The average Bonchev–Trinajstić information content (AvgIpc) is 2.98. The van der Waals surface area contributed by atoms with Crippen LogP contribution in [0.5, 0.6) is 0 Å². The molecule has 2 rings (SSSR count). The lowest BCUT2D eigenvalue weighted by atomic mass is 9.96. The van der Waals surface area contributed by atoms with Crippen molar-refractivity contribution in [2.24, 2.45) is 5.92 Å². The Morgan fingerprint density at radius 1 is 1.40 bits per heavy atom. The Morgan fingerprint density at radius 2 is 2.15 bits per heavy atom. The van der Waals surface area contributed by atoms with E-state index >= 15 is 0 Å². The molecule has 1 fully saturated rings. The van der Waals surface area contributed by atoms with Crippen LogP contribution >= 0.6 is 0 Å². The Hall–Kier alpha value is -1.82. The van der Waals surface area contributed by atoms with Gasteiger partial charge in [-0.25, -0.2) is 0 Å². The zero-order chi connectivity index (χ0) is 14.4. The summed E-state index contributed by atoms with van der Waals surface area (Å²) in [5.74, 6) is -0.390. The Labute approximate surface area is 117 Å². The molecular formula is C14H20N2O4. The van der Waals surface area contributed by atoms with Gasteiger partial charge in [0.1, 0.15) is 6.26 Å². The minimum Gasteiger partial charge on any atom is -0.481 e. The van der Waals surface area contributed by atoms with Crippen molar-refractivity contribution in [3.8, 4) is 0 Å². The van der Waals surface area contributed by atoms with Crippen molar-refractivity contribution < 1.29 is 19.1 Å². The molecule has 1 aromatic rings. The molecule has 1 saturated heterocycles. The van der Waals surface area contributed by atoms with E-state index in [9.17, 15) is 9.59 Å². The Bertz CT molecular complexity index is 436. The van der Waals surface area contributed by atoms with Crippen LogP contribution in [0.4, 0.5) is 0 Å². The zero-order valence-corrected chi connectivity index (χ0v) is 11.4. The van der Waals surface area contributed by atoms with Crippen LogP contribution in [0.15, 0.2) is 23.0 Å². The molecule has 1 aliphatic heterocycles. The molecule has 0 aromatic carbocycles. The number of carboxylic acids is 1. The number of aliphatic carboxylic acids is 1. The lowest BCUT2D eigenvalue weighted by Crippen LogP contribution is -2.39. The fourth-order valence-corrected chi connectivity index (χ4v) is 2.40. The van der Waals surface area contributed by atoms with Crippen LogP contribution in [0.25, 0.3) is 0 Å². The Kier molecular flexibility index (Phi) is 5.17. The number of furan rings is 1. The number of carbonyl (C=O) groups is 2. The van der Waals surface area contributed by atoms with Gasteiger partial charge >= 0.3 is 5.97 Å². The lowest BCUT2D eigenvalue weighted by Gasteiger charge is -2.31. The highest BCUT2D eigenvalue weighted by Gasteiger charge is 2.20. The molecule has 6 nitrogen and oxygen atoms in total. The molecule has 1 aliphatic rings. The second kappa shape index (κ2) is 7.09. The van der Waals surface area contributed by atoms with Crippen molar-refractivity contribution in [3.63, 3.8) is 0 Å². The zero-order valence-electron chi connectivity index (χ0n) is 11.4. The minimum atomic E-state index is -0.750. The van der Waals surface area contributed by atoms with Crippen LogP contribution in [0.3, 0.4) is 0 Å². The van der Waals surface area contributed by atoms with Gasteiger partial charge in [0.2, 0.25) is 0 Å². The fourth-order valence-electron chi connectivity index (χ4n) is 2.40. The van der Waals surface area contributed by atoms with Crippen LogP contribution in [-0.2, 0) is 4.79 Å². The first-order valence-corrected chi connectivity index (χ1v) is 6.89. The predicted octanol–water partition coefficient (Wildman–Crippen LogP) is 1.20. The summed E-state index contributed by atoms with van der Waals surface area (Å²) >= 11 is 0. The van der Waals surface area contributed by atoms with Crippen molar-refractivity contribution in [2.75, 3.05) is 26.2 Å². The van der Waals surface area contributed by atoms with Gasteiger partial charge in [-0.2, -0.15) is 0 Å². The molecule has 0 saturated carbocycles. The summed E-state index contributed by atoms with van der Waals surface area (Å²) in [4.78, 5) is 24.4. The number of piperidine rings is 1. The van der Waals surface area contributed by atoms with Crippen molar-refractivity contribution in [1.82, 2.24) is 10.2 Å². The number of carboxylic acid groups (broad SMARTS) is 1. The van der Waals surface area contributed by atoms with Crippen LogP contribution in [0.1, 0.15) is 29.6 Å². The molecule has 2 N–H and O–H groups in total. The summed E-state index contributed by atoms with van der Waals surface area (Å²) in [6.45, 7) is 3.08. The van der Waals surface area contributed by atoms with Gasteiger partial charge in [0.15, 0.2) is 0 Å². The van der Waals surface area contributed by atoms with Crippen LogP contribution in [0, 0.1) is 5.92 Å². The topological polar surface area (TPSA) is 82.8 Å². The van der Waals surface area contributed by atoms with Crippen molar-refractivity contribution >= 4 is 11.9 Å². The predicted molar refractivity (Wildman–Crippen MR) is 72.5 cm³/mol. The summed E-state index contributed by atoms with van der Waals surface area (Å²) in [6, 6.07) is 1.64. The first-order valence-electron chi connectivity index (χ1n) is 6.89. The number of rotatable bonds is 6. The molecule has 1 amide bonds. The summed E-state index contributed by atoms with van der Waals surface area (Å²) in [5, 5.41) is 11.6. The maximum Gasteiger partial charge on any atom is 0.304 e. The largest absolute Gasteiger partial charge is 0.481 e. The smallest absolute Gasteiger partial charge is 0.304 e. The van der Waals surface area contributed by atoms with Gasteiger partial charge in [-0.3, -0.25) is 9.59 Å². The summed E-state index contributed by atoms with van der Waals surface area (Å²) in [7, 11) is 0. The van der Waals surface area contributed by atoms with Gasteiger partial charge in [0.25, 0.3) is 5.91 Å². The second-order valence-electron chi connectivity index (χ2n) is 5.15. The number of nitrogens with one attached hydrogen (secondary N) is 1. The number of hydrogen-bond donors (Lipinski definition) is 2. The molecule has 0 radical (unpaired) electrons. The third kappa shape index (κ3) is 4.38. The lowest BCUT2D eigenvalue weighted by molar-refractivity contribution is -0.137. The number of nitrogens with zero attached hydrogens (tertiary/aromatic N) is 1. The van der Waals surface area contributed by atoms with Crippen molar-refractivity contribution in [1.29, 1.82) is 0 Å². The monoisotopic (exact) mass is 280 g/mol. The van der Waals surface area contributed by atoms with E-state index in [4.69, 9.17) is 9.52 Å². The van der Waals surface area contributed by atoms with Crippen LogP contribution < -0.4 is 5.32 Å². The van der Waals surface area contributed by atoms with E-state index in [1.165, 1.54) is 12.5 Å².